The number of hydrogen-bond acceptors (Lipinski definition) is 7. The van der Waals surface area contributed by atoms with Gasteiger partial charge in [-0.25, -0.2) is 9.78 Å². The quantitative estimate of drug-likeness (QED) is 0.234. The average molecular weight is 361 g/mol. The molecule has 0 aliphatic heterocycles. The molecule has 2 aromatic heterocycles. The second-order valence-corrected chi connectivity index (χ2v) is 5.56. The topological polar surface area (TPSA) is 108 Å². The zero-order chi connectivity index (χ0) is 18.8. The lowest BCUT2D eigenvalue weighted by atomic mass is 10.2. The number of carbonyl (C=O) groups excluding carboxylic acids is 1. The van der Waals surface area contributed by atoms with Gasteiger partial charge in [0.2, 0.25) is 5.89 Å². The lowest BCUT2D eigenvalue weighted by Gasteiger charge is -2.03. The Morgan fingerprint density at radius 3 is 2.74 bits per heavy atom. The molecule has 0 aliphatic carbocycles. The highest BCUT2D eigenvalue weighted by molar-refractivity contribution is 5.92. The number of esters is 1. The Kier molecular flexibility index (Phi) is 4.06. The van der Waals surface area contributed by atoms with Gasteiger partial charge in [0.15, 0.2) is 5.58 Å². The van der Waals surface area contributed by atoms with Gasteiger partial charge in [0.25, 0.3) is 5.69 Å². The predicted octanol–water partition coefficient (Wildman–Crippen LogP) is 4.02. The summed E-state index contributed by atoms with van der Waals surface area (Å²) in [5.41, 5.74) is 1.50. The molecule has 0 saturated heterocycles. The van der Waals surface area contributed by atoms with Gasteiger partial charge in [-0.2, -0.15) is 0 Å². The number of benzene rings is 2. The monoisotopic (exact) mass is 361 g/mol. The Bertz CT molecular complexity index is 1150. The van der Waals surface area contributed by atoms with Crippen LogP contribution in [-0.2, 0) is 0 Å². The molecule has 27 heavy (non-hydrogen) atoms. The lowest BCUT2D eigenvalue weighted by molar-refractivity contribution is -0.384. The number of non-ortho nitro benzene ring substituents is 1. The van der Waals surface area contributed by atoms with E-state index in [9.17, 15) is 14.9 Å². The van der Waals surface area contributed by atoms with Crippen molar-refractivity contribution in [1.82, 2.24) is 9.97 Å². The zero-order valence-corrected chi connectivity index (χ0v) is 13.7. The maximum Gasteiger partial charge on any atom is 0.343 e. The molecule has 0 fully saturated rings. The number of nitro groups is 1. The Morgan fingerprint density at radius 2 is 1.96 bits per heavy atom. The van der Waals surface area contributed by atoms with Gasteiger partial charge in [-0.1, -0.05) is 12.1 Å². The molecule has 0 N–H and O–H groups in total. The van der Waals surface area contributed by atoms with Crippen molar-refractivity contribution in [2.24, 2.45) is 0 Å². The van der Waals surface area contributed by atoms with Crippen molar-refractivity contribution in [2.45, 2.75) is 0 Å². The van der Waals surface area contributed by atoms with E-state index in [1.54, 1.807) is 30.5 Å². The normalized spacial score (nSPS) is 10.7. The van der Waals surface area contributed by atoms with Crippen molar-refractivity contribution in [3.63, 3.8) is 0 Å². The molecule has 4 aromatic rings. The Labute approximate surface area is 152 Å². The highest BCUT2D eigenvalue weighted by atomic mass is 16.6. The van der Waals surface area contributed by atoms with E-state index in [4.69, 9.17) is 9.15 Å². The molecule has 0 saturated carbocycles. The van der Waals surface area contributed by atoms with Gasteiger partial charge in [0.05, 0.1) is 10.5 Å². The number of fused-ring (bicyclic) bond motifs is 1. The van der Waals surface area contributed by atoms with E-state index < -0.39 is 10.9 Å². The van der Waals surface area contributed by atoms with E-state index in [1.165, 1.54) is 24.3 Å². The molecule has 2 aromatic carbocycles. The van der Waals surface area contributed by atoms with Crippen molar-refractivity contribution in [3.05, 3.63) is 82.5 Å². The minimum absolute atomic E-state index is 0.0797. The van der Waals surface area contributed by atoms with Crippen LogP contribution in [0.25, 0.3) is 22.7 Å². The van der Waals surface area contributed by atoms with Gasteiger partial charge >= 0.3 is 5.97 Å². The number of pyridine rings is 1. The van der Waals surface area contributed by atoms with E-state index >= 15 is 0 Å². The summed E-state index contributed by atoms with van der Waals surface area (Å²) in [5.74, 6) is -0.113. The number of rotatable bonds is 4. The maximum absolute atomic E-state index is 12.3. The fourth-order valence-corrected chi connectivity index (χ4v) is 2.48. The maximum atomic E-state index is 12.3. The minimum Gasteiger partial charge on any atom is -0.435 e. The van der Waals surface area contributed by atoms with Crippen molar-refractivity contribution in [1.29, 1.82) is 0 Å². The number of hydrogen-bond donors (Lipinski definition) is 0. The first kappa shape index (κ1) is 16.4. The van der Waals surface area contributed by atoms with Gasteiger partial charge in [0.1, 0.15) is 17.0 Å². The van der Waals surface area contributed by atoms with Crippen LogP contribution in [0.4, 0.5) is 5.69 Å². The number of aromatic nitrogens is 2. The van der Waals surface area contributed by atoms with Gasteiger partial charge in [0, 0.05) is 24.4 Å². The molecule has 0 radical (unpaired) electrons. The fraction of sp³-hybridized carbons (Fsp3) is 0. The Morgan fingerprint density at radius 1 is 1.07 bits per heavy atom. The number of nitro benzene ring substituents is 1. The standard InChI is InChI=1S/C19H11N3O5/c23-19(12-4-3-5-13(10-12)22(24)25)26-14-7-8-15-17(11-14)27-18(21-15)16-6-1-2-9-20-16/h1-11H. The number of ether oxygens (including phenoxy) is 1. The molecule has 8 heteroatoms. The van der Waals surface area contributed by atoms with Crippen molar-refractivity contribution >= 4 is 22.8 Å². The second-order valence-electron chi connectivity index (χ2n) is 5.56. The highest BCUT2D eigenvalue weighted by Gasteiger charge is 2.15. The van der Waals surface area contributed by atoms with Crippen molar-refractivity contribution in [3.8, 4) is 17.3 Å². The molecule has 8 nitrogen and oxygen atoms in total. The SMILES string of the molecule is O=C(Oc1ccc2nc(-c3ccccn3)oc2c1)c1cccc([N+](=O)[O-])c1. The molecule has 132 valence electrons. The summed E-state index contributed by atoms with van der Waals surface area (Å²) >= 11 is 0. The molecule has 0 aliphatic rings. The summed E-state index contributed by atoms with van der Waals surface area (Å²) in [5, 5.41) is 10.8. The molecule has 0 amide bonds. The summed E-state index contributed by atoms with van der Waals surface area (Å²) < 4.78 is 11.0. The summed E-state index contributed by atoms with van der Waals surface area (Å²) in [6.45, 7) is 0. The van der Waals surface area contributed by atoms with E-state index in [0.717, 1.165) is 6.07 Å². The first-order valence-corrected chi connectivity index (χ1v) is 7.89. The molecular formula is C19H11N3O5. The van der Waals surface area contributed by atoms with Crippen LogP contribution in [0.15, 0.2) is 71.3 Å². The van der Waals surface area contributed by atoms with Crippen LogP contribution >= 0.6 is 0 Å². The van der Waals surface area contributed by atoms with Gasteiger partial charge in [-0.3, -0.25) is 15.1 Å². The average Bonchev–Trinajstić information content (AvgIpc) is 3.12. The molecule has 0 unspecified atom stereocenters. The number of oxazole rings is 1. The van der Waals surface area contributed by atoms with Crippen LogP contribution in [0.1, 0.15) is 10.4 Å². The van der Waals surface area contributed by atoms with Gasteiger partial charge in [-0.15, -0.1) is 0 Å². The minimum atomic E-state index is -0.706. The first-order chi connectivity index (χ1) is 13.1. The predicted molar refractivity (Wildman–Crippen MR) is 95.3 cm³/mol. The van der Waals surface area contributed by atoms with Crippen molar-refractivity contribution < 1.29 is 18.9 Å². The summed E-state index contributed by atoms with van der Waals surface area (Å²) in [4.78, 5) is 31.0. The van der Waals surface area contributed by atoms with Gasteiger partial charge in [-0.05, 0) is 30.3 Å². The summed E-state index contributed by atoms with van der Waals surface area (Å²) in [6, 6.07) is 15.5. The Hall–Kier alpha value is -4.07. The van der Waals surface area contributed by atoms with Crippen LogP contribution in [0.3, 0.4) is 0 Å². The molecule has 2 heterocycles. The zero-order valence-electron chi connectivity index (χ0n) is 13.7. The molecule has 0 bridgehead atoms. The highest BCUT2D eigenvalue weighted by Crippen LogP contribution is 2.26. The van der Waals surface area contributed by atoms with Crippen LogP contribution < -0.4 is 4.74 Å². The third-order valence-corrected chi connectivity index (χ3v) is 3.75. The van der Waals surface area contributed by atoms with Crippen LogP contribution in [0.2, 0.25) is 0 Å². The lowest BCUT2D eigenvalue weighted by Crippen LogP contribution is -2.08. The van der Waals surface area contributed by atoms with Crippen LogP contribution in [-0.4, -0.2) is 20.9 Å². The number of nitrogens with zero attached hydrogens (tertiary/aromatic N) is 3. The smallest absolute Gasteiger partial charge is 0.343 e. The molecule has 0 spiro atoms. The van der Waals surface area contributed by atoms with Crippen LogP contribution in [0.5, 0.6) is 5.75 Å². The third-order valence-electron chi connectivity index (χ3n) is 3.75. The Balaban J connectivity index is 1.60. The van der Waals surface area contributed by atoms with Gasteiger partial charge < -0.3 is 9.15 Å². The second kappa shape index (κ2) is 6.68. The molecule has 4 rings (SSSR count). The first-order valence-electron chi connectivity index (χ1n) is 7.89. The summed E-state index contributed by atoms with van der Waals surface area (Å²) in [7, 11) is 0. The summed E-state index contributed by atoms with van der Waals surface area (Å²) in [6.07, 6.45) is 1.64. The van der Waals surface area contributed by atoms with E-state index in [0.29, 0.717) is 22.7 Å². The van der Waals surface area contributed by atoms with E-state index in [2.05, 4.69) is 9.97 Å². The molecular weight excluding hydrogens is 350 g/mol. The third kappa shape index (κ3) is 3.36. The molecule has 0 atom stereocenters. The van der Waals surface area contributed by atoms with Crippen molar-refractivity contribution in [2.75, 3.05) is 0 Å². The van der Waals surface area contributed by atoms with E-state index in [-0.39, 0.29) is 17.0 Å². The van der Waals surface area contributed by atoms with E-state index in [1.807, 2.05) is 6.07 Å². The fourth-order valence-electron chi connectivity index (χ4n) is 2.48. The largest absolute Gasteiger partial charge is 0.435 e. The van der Waals surface area contributed by atoms with Crippen LogP contribution in [0, 0.1) is 10.1 Å². The number of carbonyl (C=O) groups is 1.